The Morgan fingerprint density at radius 1 is 0.472 bits per heavy atom. The van der Waals surface area contributed by atoms with Gasteiger partial charge in [0, 0.05) is 15.5 Å². The molecule has 0 saturated carbocycles. The van der Waals surface area contributed by atoms with E-state index in [1.165, 1.54) is 66.1 Å². The monoisotopic (exact) mass is 524 g/mol. The van der Waals surface area contributed by atoms with Gasteiger partial charge < -0.3 is 0 Å². The van der Waals surface area contributed by atoms with Crippen LogP contribution in [-0.4, -0.2) is 0 Å². The first kappa shape index (κ1) is 21.6. The van der Waals surface area contributed by atoms with Gasteiger partial charge in [0.1, 0.15) is 0 Å². The number of halogens is 1. The van der Waals surface area contributed by atoms with Gasteiger partial charge in [-0.2, -0.15) is 0 Å². The van der Waals surface area contributed by atoms with E-state index in [4.69, 9.17) is 0 Å². The van der Waals surface area contributed by atoms with E-state index in [0.29, 0.717) is 0 Å². The first-order chi connectivity index (χ1) is 17.6. The Kier molecular flexibility index (Phi) is 4.75. The smallest absolute Gasteiger partial charge is 0.0256 e. The Morgan fingerprint density at radius 2 is 1.00 bits per heavy atom. The largest absolute Gasteiger partial charge is 0.0622 e. The van der Waals surface area contributed by atoms with Crippen molar-refractivity contribution < 1.29 is 0 Å². The summed E-state index contributed by atoms with van der Waals surface area (Å²) in [4.78, 5) is 0. The molecule has 6 aromatic rings. The zero-order valence-corrected chi connectivity index (χ0v) is 21.9. The summed E-state index contributed by atoms with van der Waals surface area (Å²) in [6.45, 7) is 4.72. The van der Waals surface area contributed by atoms with E-state index in [2.05, 4.69) is 145 Å². The molecule has 0 aliphatic heterocycles. The Hall–Kier alpha value is -3.68. The molecule has 7 rings (SSSR count). The molecule has 0 nitrogen and oxygen atoms in total. The molecule has 0 N–H and O–H groups in total. The molecule has 36 heavy (non-hydrogen) atoms. The van der Waals surface area contributed by atoms with Crippen molar-refractivity contribution in [3.8, 4) is 33.4 Å². The fourth-order valence-corrected chi connectivity index (χ4v) is 6.82. The molecule has 0 atom stereocenters. The molecule has 0 unspecified atom stereocenters. The standard InChI is InChI=1S/C35H25Br/c1-35(2)29-18-11-19-31(36)34(29)28-20-26-27(21-30(28)35)33(23-14-7-4-8-15-23)25-17-10-9-16-24(25)32(26)22-12-5-3-6-13-22/h3-21H,1-2H3. The molecule has 0 spiro atoms. The number of fused-ring (bicyclic) bond motifs is 5. The maximum Gasteiger partial charge on any atom is 0.0256 e. The molecule has 1 aliphatic rings. The normalized spacial score (nSPS) is 13.6. The van der Waals surface area contributed by atoms with E-state index in [0.717, 1.165) is 4.47 Å². The molecule has 6 aromatic carbocycles. The topological polar surface area (TPSA) is 0 Å². The van der Waals surface area contributed by atoms with Crippen LogP contribution in [0.5, 0.6) is 0 Å². The maximum absolute atomic E-state index is 3.89. The van der Waals surface area contributed by atoms with Crippen molar-refractivity contribution in [3.63, 3.8) is 0 Å². The van der Waals surface area contributed by atoms with E-state index in [-0.39, 0.29) is 5.41 Å². The second-order valence-electron chi connectivity index (χ2n) is 10.3. The van der Waals surface area contributed by atoms with Gasteiger partial charge in [-0.15, -0.1) is 0 Å². The van der Waals surface area contributed by atoms with Crippen molar-refractivity contribution in [2.45, 2.75) is 19.3 Å². The summed E-state index contributed by atoms with van der Waals surface area (Å²) in [5.41, 5.74) is 10.5. The Bertz CT molecular complexity index is 1790. The van der Waals surface area contributed by atoms with Crippen LogP contribution in [-0.2, 0) is 5.41 Å². The predicted octanol–water partition coefficient (Wildman–Crippen LogP) is 10.4. The van der Waals surface area contributed by atoms with Crippen LogP contribution in [0.3, 0.4) is 0 Å². The molecule has 0 radical (unpaired) electrons. The van der Waals surface area contributed by atoms with E-state index < -0.39 is 0 Å². The van der Waals surface area contributed by atoms with Crippen molar-refractivity contribution in [3.05, 3.63) is 131 Å². The highest BCUT2D eigenvalue weighted by Gasteiger charge is 2.37. The average Bonchev–Trinajstić information content (AvgIpc) is 3.14. The van der Waals surface area contributed by atoms with Crippen molar-refractivity contribution in [1.29, 1.82) is 0 Å². The fraction of sp³-hybridized carbons (Fsp3) is 0.0857. The Labute approximate surface area is 220 Å². The van der Waals surface area contributed by atoms with Crippen LogP contribution in [0.1, 0.15) is 25.0 Å². The molecule has 0 fully saturated rings. The quantitative estimate of drug-likeness (QED) is 0.197. The van der Waals surface area contributed by atoms with Gasteiger partial charge >= 0.3 is 0 Å². The SMILES string of the molecule is CC1(C)c2cc3c(-c4ccccc4)c4ccccc4c(-c4ccccc4)c3cc2-c2c(Br)cccc21. The molecule has 172 valence electrons. The van der Waals surface area contributed by atoms with Crippen LogP contribution >= 0.6 is 15.9 Å². The van der Waals surface area contributed by atoms with Crippen LogP contribution < -0.4 is 0 Å². The van der Waals surface area contributed by atoms with Crippen LogP contribution in [0.25, 0.3) is 54.9 Å². The zero-order valence-electron chi connectivity index (χ0n) is 20.3. The third-order valence-corrected chi connectivity index (χ3v) is 8.58. The second kappa shape index (κ2) is 7.91. The van der Waals surface area contributed by atoms with Crippen molar-refractivity contribution in [2.24, 2.45) is 0 Å². The minimum absolute atomic E-state index is 0.0743. The molecule has 0 heterocycles. The van der Waals surface area contributed by atoms with Crippen molar-refractivity contribution >= 4 is 37.5 Å². The minimum atomic E-state index is -0.0743. The van der Waals surface area contributed by atoms with Crippen molar-refractivity contribution in [2.75, 3.05) is 0 Å². The van der Waals surface area contributed by atoms with E-state index in [1.54, 1.807) is 0 Å². The highest BCUT2D eigenvalue weighted by atomic mass is 79.9. The first-order valence-electron chi connectivity index (χ1n) is 12.5. The molecular weight excluding hydrogens is 500 g/mol. The molecule has 1 aliphatic carbocycles. The number of benzene rings is 6. The third-order valence-electron chi connectivity index (χ3n) is 7.92. The van der Waals surface area contributed by atoms with Gasteiger partial charge in [-0.25, -0.2) is 0 Å². The first-order valence-corrected chi connectivity index (χ1v) is 13.3. The lowest BCUT2D eigenvalue weighted by molar-refractivity contribution is 0.661. The average molecular weight is 525 g/mol. The lowest BCUT2D eigenvalue weighted by Crippen LogP contribution is -2.15. The van der Waals surface area contributed by atoms with E-state index >= 15 is 0 Å². The van der Waals surface area contributed by atoms with E-state index in [1.807, 2.05) is 0 Å². The zero-order chi connectivity index (χ0) is 24.4. The molecule has 0 saturated heterocycles. The van der Waals surface area contributed by atoms with Gasteiger partial charge in [-0.05, 0) is 78.7 Å². The van der Waals surface area contributed by atoms with Crippen LogP contribution in [0, 0.1) is 0 Å². The van der Waals surface area contributed by atoms with Crippen LogP contribution in [0.15, 0.2) is 120 Å². The Balaban J connectivity index is 1.73. The predicted molar refractivity (Wildman–Crippen MR) is 158 cm³/mol. The molecule has 0 amide bonds. The number of hydrogen-bond acceptors (Lipinski definition) is 0. The fourth-order valence-electron chi connectivity index (χ4n) is 6.24. The number of rotatable bonds is 2. The highest BCUT2D eigenvalue weighted by molar-refractivity contribution is 9.10. The summed E-state index contributed by atoms with van der Waals surface area (Å²) in [5.74, 6) is 0. The van der Waals surface area contributed by atoms with Gasteiger partial charge in [-0.3, -0.25) is 0 Å². The lowest BCUT2D eigenvalue weighted by atomic mass is 9.79. The molecule has 1 heteroatoms. The van der Waals surface area contributed by atoms with Gasteiger partial charge in [0.05, 0.1) is 0 Å². The summed E-state index contributed by atoms with van der Waals surface area (Å²) in [7, 11) is 0. The van der Waals surface area contributed by atoms with Crippen LogP contribution in [0.4, 0.5) is 0 Å². The van der Waals surface area contributed by atoms with E-state index in [9.17, 15) is 0 Å². The summed E-state index contributed by atoms with van der Waals surface area (Å²) in [6.07, 6.45) is 0. The summed E-state index contributed by atoms with van der Waals surface area (Å²) < 4.78 is 1.16. The van der Waals surface area contributed by atoms with Gasteiger partial charge in [-0.1, -0.05) is 127 Å². The minimum Gasteiger partial charge on any atom is -0.0622 e. The lowest BCUT2D eigenvalue weighted by Gasteiger charge is -2.23. The second-order valence-corrected chi connectivity index (χ2v) is 11.1. The summed E-state index contributed by atoms with van der Waals surface area (Å²) in [6, 6.07) is 42.2. The van der Waals surface area contributed by atoms with Crippen molar-refractivity contribution in [1.82, 2.24) is 0 Å². The summed E-state index contributed by atoms with van der Waals surface area (Å²) in [5, 5.41) is 5.20. The Morgan fingerprint density at radius 3 is 1.58 bits per heavy atom. The van der Waals surface area contributed by atoms with Gasteiger partial charge in [0.2, 0.25) is 0 Å². The van der Waals surface area contributed by atoms with Gasteiger partial charge in [0.25, 0.3) is 0 Å². The van der Waals surface area contributed by atoms with Gasteiger partial charge in [0.15, 0.2) is 0 Å². The third kappa shape index (κ3) is 2.99. The molecule has 0 bridgehead atoms. The number of hydrogen-bond donors (Lipinski definition) is 0. The maximum atomic E-state index is 3.89. The van der Waals surface area contributed by atoms with Crippen LogP contribution in [0.2, 0.25) is 0 Å². The summed E-state index contributed by atoms with van der Waals surface area (Å²) >= 11 is 3.89. The molecule has 0 aromatic heterocycles. The highest BCUT2D eigenvalue weighted by Crippen LogP contribution is 2.54. The molecular formula is C35H25Br.